The van der Waals surface area contributed by atoms with E-state index < -0.39 is 0 Å². The van der Waals surface area contributed by atoms with Crippen LogP contribution in [0.3, 0.4) is 0 Å². The number of hydrogen-bond donors (Lipinski definition) is 1. The summed E-state index contributed by atoms with van der Waals surface area (Å²) in [6, 6.07) is 5.71. The third-order valence-corrected chi connectivity index (χ3v) is 3.57. The van der Waals surface area contributed by atoms with Gasteiger partial charge in [0.25, 0.3) is 0 Å². The summed E-state index contributed by atoms with van der Waals surface area (Å²) in [6.07, 6.45) is 4.24. The molecule has 1 aliphatic rings. The number of pyridine rings is 1. The SMILES string of the molecule is NC(=O)C1CCN(C(=O)CCc2ccccn2)CC1. The Kier molecular flexibility index (Phi) is 4.49. The number of nitrogens with two attached hydrogens (primary N) is 1. The standard InChI is InChI=1S/C14H19N3O2/c15-14(19)11-6-9-17(10-7-11)13(18)5-4-12-3-1-2-8-16-12/h1-3,8,11H,4-7,9-10H2,(H2,15,19). The molecule has 2 N–H and O–H groups in total. The fourth-order valence-corrected chi connectivity index (χ4v) is 2.35. The number of amides is 2. The maximum Gasteiger partial charge on any atom is 0.222 e. The number of aryl methyl sites for hydroxylation is 1. The zero-order valence-electron chi connectivity index (χ0n) is 10.9. The largest absolute Gasteiger partial charge is 0.369 e. The van der Waals surface area contributed by atoms with Gasteiger partial charge in [0.2, 0.25) is 11.8 Å². The number of carbonyl (C=O) groups excluding carboxylic acids is 2. The lowest BCUT2D eigenvalue weighted by atomic mass is 9.96. The normalized spacial score (nSPS) is 16.3. The molecular weight excluding hydrogens is 242 g/mol. The van der Waals surface area contributed by atoms with Crippen molar-refractivity contribution in [3.63, 3.8) is 0 Å². The Bertz CT molecular complexity index is 439. The Balaban J connectivity index is 1.77. The maximum absolute atomic E-state index is 12.0. The van der Waals surface area contributed by atoms with Crippen LogP contribution in [0.4, 0.5) is 0 Å². The molecule has 5 heteroatoms. The summed E-state index contributed by atoms with van der Waals surface area (Å²) in [5.74, 6) is -0.186. The second-order valence-corrected chi connectivity index (χ2v) is 4.88. The topological polar surface area (TPSA) is 76.3 Å². The van der Waals surface area contributed by atoms with Crippen molar-refractivity contribution in [2.75, 3.05) is 13.1 Å². The molecule has 5 nitrogen and oxygen atoms in total. The van der Waals surface area contributed by atoms with Crippen LogP contribution in [0.1, 0.15) is 25.0 Å². The summed E-state index contributed by atoms with van der Waals surface area (Å²) >= 11 is 0. The Hall–Kier alpha value is -1.91. The lowest BCUT2D eigenvalue weighted by Gasteiger charge is -2.30. The highest BCUT2D eigenvalue weighted by Gasteiger charge is 2.25. The van der Waals surface area contributed by atoms with Gasteiger partial charge in [0.05, 0.1) is 0 Å². The summed E-state index contributed by atoms with van der Waals surface area (Å²) in [6.45, 7) is 1.27. The number of aromatic nitrogens is 1. The van der Waals surface area contributed by atoms with Crippen molar-refractivity contribution in [1.29, 1.82) is 0 Å². The highest BCUT2D eigenvalue weighted by molar-refractivity contribution is 5.78. The van der Waals surface area contributed by atoms with Gasteiger partial charge in [0.15, 0.2) is 0 Å². The molecule has 0 atom stereocenters. The van der Waals surface area contributed by atoms with E-state index in [-0.39, 0.29) is 17.7 Å². The highest BCUT2D eigenvalue weighted by atomic mass is 16.2. The fraction of sp³-hybridized carbons (Fsp3) is 0.500. The van der Waals surface area contributed by atoms with Gasteiger partial charge in [-0.3, -0.25) is 14.6 Å². The van der Waals surface area contributed by atoms with Crippen LogP contribution in [0.5, 0.6) is 0 Å². The number of primary amides is 1. The van der Waals surface area contributed by atoms with Gasteiger partial charge in [0, 0.05) is 37.3 Å². The van der Waals surface area contributed by atoms with Gasteiger partial charge in [0.1, 0.15) is 0 Å². The molecule has 2 heterocycles. The average Bonchev–Trinajstić information content (AvgIpc) is 2.46. The molecule has 0 saturated carbocycles. The minimum Gasteiger partial charge on any atom is -0.369 e. The van der Waals surface area contributed by atoms with Gasteiger partial charge in [-0.1, -0.05) is 6.07 Å². The van der Waals surface area contributed by atoms with Gasteiger partial charge >= 0.3 is 0 Å². The third kappa shape index (κ3) is 3.77. The van der Waals surface area contributed by atoms with E-state index in [0.29, 0.717) is 38.8 Å². The number of likely N-dealkylation sites (tertiary alicyclic amines) is 1. The van der Waals surface area contributed by atoms with Crippen LogP contribution in [0.2, 0.25) is 0 Å². The molecule has 0 aliphatic carbocycles. The van der Waals surface area contributed by atoms with Crippen LogP contribution in [-0.2, 0) is 16.0 Å². The predicted octanol–water partition coefficient (Wildman–Crippen LogP) is 0.738. The molecule has 1 aromatic heterocycles. The van der Waals surface area contributed by atoms with E-state index in [1.165, 1.54) is 0 Å². The molecule has 1 aliphatic heterocycles. The predicted molar refractivity (Wildman–Crippen MR) is 71.1 cm³/mol. The first-order chi connectivity index (χ1) is 9.16. The van der Waals surface area contributed by atoms with E-state index in [0.717, 1.165) is 5.69 Å². The average molecular weight is 261 g/mol. The Labute approximate surface area is 112 Å². The first-order valence-corrected chi connectivity index (χ1v) is 6.64. The molecule has 1 fully saturated rings. The Morgan fingerprint density at radius 1 is 1.32 bits per heavy atom. The number of carbonyl (C=O) groups is 2. The van der Waals surface area contributed by atoms with E-state index >= 15 is 0 Å². The minimum absolute atomic E-state index is 0.0696. The Morgan fingerprint density at radius 2 is 2.05 bits per heavy atom. The lowest BCUT2D eigenvalue weighted by molar-refractivity contribution is -0.134. The molecule has 0 spiro atoms. The monoisotopic (exact) mass is 261 g/mol. The number of hydrogen-bond acceptors (Lipinski definition) is 3. The quantitative estimate of drug-likeness (QED) is 0.868. The van der Waals surface area contributed by atoms with Crippen molar-refractivity contribution in [2.24, 2.45) is 11.7 Å². The number of piperidine rings is 1. The summed E-state index contributed by atoms with van der Waals surface area (Å²) in [5.41, 5.74) is 6.21. The molecule has 19 heavy (non-hydrogen) atoms. The molecule has 1 aromatic rings. The zero-order valence-corrected chi connectivity index (χ0v) is 10.9. The van der Waals surface area contributed by atoms with Crippen molar-refractivity contribution in [2.45, 2.75) is 25.7 Å². The van der Waals surface area contributed by atoms with Gasteiger partial charge in [-0.15, -0.1) is 0 Å². The summed E-state index contributed by atoms with van der Waals surface area (Å²) < 4.78 is 0. The van der Waals surface area contributed by atoms with Crippen LogP contribution in [-0.4, -0.2) is 34.8 Å². The van der Waals surface area contributed by atoms with Crippen LogP contribution < -0.4 is 5.73 Å². The zero-order chi connectivity index (χ0) is 13.7. The molecule has 0 aromatic carbocycles. The summed E-state index contributed by atoms with van der Waals surface area (Å²) in [7, 11) is 0. The van der Waals surface area contributed by atoms with Crippen molar-refractivity contribution >= 4 is 11.8 Å². The van der Waals surface area contributed by atoms with Gasteiger partial charge in [-0.05, 0) is 31.4 Å². The van der Waals surface area contributed by atoms with Crippen LogP contribution in [0, 0.1) is 5.92 Å². The van der Waals surface area contributed by atoms with Crippen molar-refractivity contribution in [3.05, 3.63) is 30.1 Å². The van der Waals surface area contributed by atoms with Gasteiger partial charge in [-0.2, -0.15) is 0 Å². The molecule has 0 unspecified atom stereocenters. The van der Waals surface area contributed by atoms with E-state index in [1.807, 2.05) is 23.1 Å². The van der Waals surface area contributed by atoms with E-state index in [1.54, 1.807) is 6.20 Å². The van der Waals surface area contributed by atoms with E-state index in [4.69, 9.17) is 5.73 Å². The number of nitrogens with zero attached hydrogens (tertiary/aromatic N) is 2. The minimum atomic E-state index is -0.249. The molecule has 0 radical (unpaired) electrons. The summed E-state index contributed by atoms with van der Waals surface area (Å²) in [4.78, 5) is 29.1. The van der Waals surface area contributed by atoms with Gasteiger partial charge < -0.3 is 10.6 Å². The number of rotatable bonds is 4. The molecule has 2 rings (SSSR count). The Morgan fingerprint density at radius 3 is 2.63 bits per heavy atom. The van der Waals surface area contributed by atoms with Crippen molar-refractivity contribution in [1.82, 2.24) is 9.88 Å². The molecular formula is C14H19N3O2. The van der Waals surface area contributed by atoms with Crippen molar-refractivity contribution < 1.29 is 9.59 Å². The van der Waals surface area contributed by atoms with Crippen LogP contribution in [0.15, 0.2) is 24.4 Å². The first kappa shape index (κ1) is 13.5. The second kappa shape index (κ2) is 6.31. The maximum atomic E-state index is 12.0. The molecule has 2 amide bonds. The van der Waals surface area contributed by atoms with Crippen molar-refractivity contribution in [3.8, 4) is 0 Å². The smallest absolute Gasteiger partial charge is 0.222 e. The van der Waals surface area contributed by atoms with Crippen LogP contribution >= 0.6 is 0 Å². The highest BCUT2D eigenvalue weighted by Crippen LogP contribution is 2.17. The van der Waals surface area contributed by atoms with E-state index in [2.05, 4.69) is 4.98 Å². The second-order valence-electron chi connectivity index (χ2n) is 4.88. The van der Waals surface area contributed by atoms with Crippen LogP contribution in [0.25, 0.3) is 0 Å². The molecule has 1 saturated heterocycles. The fourth-order valence-electron chi connectivity index (χ4n) is 2.35. The molecule has 0 bridgehead atoms. The lowest BCUT2D eigenvalue weighted by Crippen LogP contribution is -2.41. The molecule has 102 valence electrons. The van der Waals surface area contributed by atoms with Gasteiger partial charge in [-0.25, -0.2) is 0 Å². The summed E-state index contributed by atoms with van der Waals surface area (Å²) in [5, 5.41) is 0. The third-order valence-electron chi connectivity index (χ3n) is 3.57. The van der Waals surface area contributed by atoms with E-state index in [9.17, 15) is 9.59 Å². The first-order valence-electron chi connectivity index (χ1n) is 6.64.